The van der Waals surface area contributed by atoms with E-state index in [0.29, 0.717) is 0 Å². The summed E-state index contributed by atoms with van der Waals surface area (Å²) in [5.74, 6) is -0.342. The van der Waals surface area contributed by atoms with Gasteiger partial charge in [0, 0.05) is 18.4 Å². The van der Waals surface area contributed by atoms with Crippen molar-refractivity contribution in [3.05, 3.63) is 24.4 Å². The van der Waals surface area contributed by atoms with Gasteiger partial charge in [0.1, 0.15) is 0 Å². The molecule has 2 heterocycles. The molecule has 1 fully saturated rings. The Balaban J connectivity index is 1.72. The van der Waals surface area contributed by atoms with Crippen molar-refractivity contribution in [3.8, 4) is 0 Å². The first kappa shape index (κ1) is 11.7. The van der Waals surface area contributed by atoms with Gasteiger partial charge in [0.25, 0.3) is 5.91 Å². The average molecular weight is 262 g/mol. The minimum Gasteiger partial charge on any atom is -0.379 e. The first-order valence-corrected chi connectivity index (χ1v) is 6.12. The van der Waals surface area contributed by atoms with Gasteiger partial charge in [-0.3, -0.25) is 4.79 Å². The largest absolute Gasteiger partial charge is 0.379 e. The highest BCUT2D eigenvalue weighted by Crippen LogP contribution is 2.30. The number of nitrogens with one attached hydrogen (secondary N) is 1. The number of carbonyl (C=O) groups is 1. The van der Waals surface area contributed by atoms with E-state index in [4.69, 9.17) is 5.73 Å². The van der Waals surface area contributed by atoms with E-state index in [9.17, 15) is 4.79 Å². The van der Waals surface area contributed by atoms with E-state index in [2.05, 4.69) is 25.2 Å². The topological polar surface area (TPSA) is 112 Å². The highest BCUT2D eigenvalue weighted by Gasteiger charge is 2.31. The molecule has 2 aromatic heterocycles. The summed E-state index contributed by atoms with van der Waals surface area (Å²) >= 11 is 0. The Labute approximate surface area is 108 Å². The second-order valence-corrected chi connectivity index (χ2v) is 4.59. The fourth-order valence-corrected chi connectivity index (χ4v) is 2.52. The minimum absolute atomic E-state index is 0.00896. The maximum absolute atomic E-state index is 12.0. The molecule has 2 unspecified atom stereocenters. The van der Waals surface area contributed by atoms with E-state index in [0.717, 1.165) is 19.3 Å². The van der Waals surface area contributed by atoms with E-state index in [1.54, 1.807) is 12.5 Å². The summed E-state index contributed by atoms with van der Waals surface area (Å²) in [5.41, 5.74) is 5.54. The summed E-state index contributed by atoms with van der Waals surface area (Å²) in [7, 11) is 0. The van der Waals surface area contributed by atoms with Crippen molar-refractivity contribution in [3.63, 3.8) is 0 Å². The average Bonchev–Trinajstić information content (AvgIpc) is 3.07. The lowest BCUT2D eigenvalue weighted by Gasteiger charge is -2.21. The fraction of sp³-hybridized carbons (Fsp3) is 0.455. The van der Waals surface area contributed by atoms with E-state index in [1.807, 2.05) is 10.8 Å². The van der Waals surface area contributed by atoms with Crippen LogP contribution in [-0.4, -0.2) is 31.8 Å². The number of imidazole rings is 1. The van der Waals surface area contributed by atoms with Crippen LogP contribution in [0.25, 0.3) is 0 Å². The van der Waals surface area contributed by atoms with Gasteiger partial charge in [-0.1, -0.05) is 0 Å². The first-order chi connectivity index (χ1) is 9.25. The summed E-state index contributed by atoms with van der Waals surface area (Å²) in [6, 6.07) is 0.255. The molecule has 0 aromatic carbocycles. The molecule has 1 aliphatic carbocycles. The zero-order chi connectivity index (χ0) is 13.2. The van der Waals surface area contributed by atoms with Crippen molar-refractivity contribution in [1.82, 2.24) is 25.2 Å². The lowest BCUT2D eigenvalue weighted by molar-refractivity contribution is 0.0919. The van der Waals surface area contributed by atoms with Gasteiger partial charge in [-0.2, -0.15) is 0 Å². The van der Waals surface area contributed by atoms with Crippen LogP contribution >= 0.6 is 0 Å². The zero-order valence-corrected chi connectivity index (χ0v) is 10.2. The predicted molar refractivity (Wildman–Crippen MR) is 65.1 cm³/mol. The summed E-state index contributed by atoms with van der Waals surface area (Å²) in [4.78, 5) is 16.1. The smallest absolute Gasteiger partial charge is 0.277 e. The van der Waals surface area contributed by atoms with Crippen molar-refractivity contribution in [2.75, 3.05) is 5.73 Å². The van der Waals surface area contributed by atoms with E-state index >= 15 is 0 Å². The molecule has 8 heteroatoms. The molecule has 8 nitrogen and oxygen atoms in total. The van der Waals surface area contributed by atoms with Crippen molar-refractivity contribution in [2.24, 2.45) is 0 Å². The number of carbonyl (C=O) groups excluding carboxylic acids is 1. The molecule has 2 atom stereocenters. The molecule has 1 aliphatic rings. The van der Waals surface area contributed by atoms with Crippen LogP contribution in [0.5, 0.6) is 0 Å². The molecule has 0 spiro atoms. The molecule has 2 aromatic rings. The number of nitrogens with zero attached hydrogens (tertiary/aromatic N) is 4. The quantitative estimate of drug-likeness (QED) is 0.826. The Hall–Kier alpha value is -2.38. The van der Waals surface area contributed by atoms with Gasteiger partial charge in [-0.05, 0) is 29.6 Å². The second kappa shape index (κ2) is 4.71. The second-order valence-electron chi connectivity index (χ2n) is 4.59. The van der Waals surface area contributed by atoms with E-state index in [1.165, 1.54) is 0 Å². The lowest BCUT2D eigenvalue weighted by Crippen LogP contribution is -2.38. The Morgan fingerprint density at radius 3 is 3.05 bits per heavy atom. The number of hydrogen-bond acceptors (Lipinski definition) is 6. The van der Waals surface area contributed by atoms with Gasteiger partial charge < -0.3 is 15.6 Å². The molecule has 1 amide bonds. The summed E-state index contributed by atoms with van der Waals surface area (Å²) in [5, 5.41) is 9.83. The predicted octanol–water partition coefficient (Wildman–Crippen LogP) is 0.372. The molecule has 3 N–H and O–H groups in total. The Kier molecular flexibility index (Phi) is 2.90. The Morgan fingerprint density at radius 1 is 1.47 bits per heavy atom. The van der Waals surface area contributed by atoms with Crippen molar-refractivity contribution >= 4 is 11.7 Å². The van der Waals surface area contributed by atoms with Crippen LogP contribution in [0, 0.1) is 0 Å². The molecule has 1 saturated carbocycles. The molecule has 3 rings (SSSR count). The van der Waals surface area contributed by atoms with Crippen LogP contribution in [-0.2, 0) is 0 Å². The number of nitrogens with two attached hydrogens (primary N) is 1. The zero-order valence-electron chi connectivity index (χ0n) is 10.2. The van der Waals surface area contributed by atoms with Crippen LogP contribution in [0.2, 0.25) is 0 Å². The molecular formula is C11H14N6O2. The molecule has 0 aliphatic heterocycles. The van der Waals surface area contributed by atoms with Crippen molar-refractivity contribution in [2.45, 2.75) is 31.3 Å². The maximum atomic E-state index is 12.0. The molecular weight excluding hydrogens is 248 g/mol. The third-order valence-electron chi connectivity index (χ3n) is 3.43. The van der Waals surface area contributed by atoms with Crippen LogP contribution < -0.4 is 11.1 Å². The van der Waals surface area contributed by atoms with E-state index in [-0.39, 0.29) is 29.5 Å². The SMILES string of the molecule is Nc1nonc1C(=O)NC1CCCC1n1ccnc1. The number of anilines is 1. The molecule has 0 saturated heterocycles. The third-order valence-corrected chi connectivity index (χ3v) is 3.43. The number of hydrogen-bond donors (Lipinski definition) is 2. The first-order valence-electron chi connectivity index (χ1n) is 6.12. The Bertz CT molecular complexity index is 564. The molecule has 0 bridgehead atoms. The molecule has 100 valence electrons. The summed E-state index contributed by atoms with van der Waals surface area (Å²) < 4.78 is 6.45. The van der Waals surface area contributed by atoms with Gasteiger partial charge in [-0.15, -0.1) is 0 Å². The van der Waals surface area contributed by atoms with Crippen LogP contribution in [0.3, 0.4) is 0 Å². The van der Waals surface area contributed by atoms with Gasteiger partial charge >= 0.3 is 0 Å². The minimum atomic E-state index is -0.351. The normalized spacial score (nSPS) is 22.5. The number of amides is 1. The highest BCUT2D eigenvalue weighted by atomic mass is 16.6. The van der Waals surface area contributed by atoms with E-state index < -0.39 is 0 Å². The highest BCUT2D eigenvalue weighted by molar-refractivity contribution is 5.96. The summed E-state index contributed by atoms with van der Waals surface area (Å²) in [6.07, 6.45) is 8.38. The van der Waals surface area contributed by atoms with Crippen molar-refractivity contribution < 1.29 is 9.42 Å². The van der Waals surface area contributed by atoms with Crippen LogP contribution in [0.1, 0.15) is 35.8 Å². The summed E-state index contributed by atoms with van der Waals surface area (Å²) in [6.45, 7) is 0. The van der Waals surface area contributed by atoms with Gasteiger partial charge in [0.2, 0.25) is 11.5 Å². The van der Waals surface area contributed by atoms with Gasteiger partial charge in [-0.25, -0.2) is 9.61 Å². The monoisotopic (exact) mass is 262 g/mol. The lowest BCUT2D eigenvalue weighted by atomic mass is 10.1. The van der Waals surface area contributed by atoms with Crippen LogP contribution in [0.4, 0.5) is 5.82 Å². The fourth-order valence-electron chi connectivity index (χ4n) is 2.52. The van der Waals surface area contributed by atoms with Crippen molar-refractivity contribution in [1.29, 1.82) is 0 Å². The number of nitrogen functional groups attached to an aromatic ring is 1. The third kappa shape index (κ3) is 2.16. The molecule has 19 heavy (non-hydrogen) atoms. The van der Waals surface area contributed by atoms with Gasteiger partial charge in [0.15, 0.2) is 0 Å². The number of rotatable bonds is 3. The Morgan fingerprint density at radius 2 is 2.37 bits per heavy atom. The number of aromatic nitrogens is 4. The van der Waals surface area contributed by atoms with Gasteiger partial charge in [0.05, 0.1) is 12.4 Å². The molecule has 0 radical (unpaired) electrons. The standard InChI is InChI=1S/C11H14N6O2/c12-10-9(15-19-16-10)11(18)14-7-2-1-3-8(7)17-5-4-13-6-17/h4-8H,1-3H2,(H2,12,16)(H,14,18). The van der Waals surface area contributed by atoms with Crippen LogP contribution in [0.15, 0.2) is 23.4 Å². The maximum Gasteiger partial charge on any atom is 0.277 e.